The van der Waals surface area contributed by atoms with Crippen molar-refractivity contribution in [2.75, 3.05) is 25.0 Å². The largest absolute Gasteiger partial charge is 0.491 e. The molecule has 2 aromatic carbocycles. The lowest BCUT2D eigenvalue weighted by Gasteiger charge is -2.31. The van der Waals surface area contributed by atoms with E-state index in [2.05, 4.69) is 5.32 Å². The molecule has 1 saturated heterocycles. The number of nitrogens with zero attached hydrogens (tertiary/aromatic N) is 2. The second kappa shape index (κ2) is 10.4. The average Bonchev–Trinajstić information content (AvgIpc) is 2.82. The van der Waals surface area contributed by atoms with E-state index in [-0.39, 0.29) is 54.4 Å². The third-order valence-corrected chi connectivity index (χ3v) is 7.43. The minimum Gasteiger partial charge on any atom is -0.491 e. The summed E-state index contributed by atoms with van der Waals surface area (Å²) in [6.07, 6.45) is -3.58. The molecular formula is C23H24F3N3O4S. The highest BCUT2D eigenvalue weighted by Crippen LogP contribution is 2.36. The van der Waals surface area contributed by atoms with Crippen molar-refractivity contribution in [3.05, 3.63) is 53.6 Å². The number of sulfonamides is 1. The van der Waals surface area contributed by atoms with E-state index in [0.29, 0.717) is 6.42 Å². The first kappa shape index (κ1) is 25.5. The number of nitrogens with one attached hydrogen (secondary N) is 1. The van der Waals surface area contributed by atoms with Crippen LogP contribution in [0.2, 0.25) is 0 Å². The average molecular weight is 496 g/mol. The number of hydrogen-bond donors (Lipinski definition) is 1. The zero-order valence-electron chi connectivity index (χ0n) is 18.4. The molecule has 182 valence electrons. The van der Waals surface area contributed by atoms with E-state index < -0.39 is 33.6 Å². The highest BCUT2D eigenvalue weighted by molar-refractivity contribution is 7.89. The van der Waals surface area contributed by atoms with Crippen LogP contribution in [0.4, 0.5) is 18.9 Å². The van der Waals surface area contributed by atoms with Gasteiger partial charge < -0.3 is 10.1 Å². The Labute approximate surface area is 196 Å². The van der Waals surface area contributed by atoms with Crippen LogP contribution in [0.25, 0.3) is 0 Å². The van der Waals surface area contributed by atoms with Gasteiger partial charge >= 0.3 is 6.18 Å². The minimum atomic E-state index is -4.58. The van der Waals surface area contributed by atoms with Gasteiger partial charge in [-0.3, -0.25) is 4.79 Å². The Balaban J connectivity index is 1.72. The zero-order chi connectivity index (χ0) is 24.9. The smallest absolute Gasteiger partial charge is 0.416 e. The van der Waals surface area contributed by atoms with Gasteiger partial charge in [-0.2, -0.15) is 22.7 Å². The second-order valence-electron chi connectivity index (χ2n) is 7.83. The summed E-state index contributed by atoms with van der Waals surface area (Å²) in [6, 6.07) is 10.6. The number of rotatable bonds is 7. The van der Waals surface area contributed by atoms with E-state index in [1.807, 2.05) is 13.0 Å². The summed E-state index contributed by atoms with van der Waals surface area (Å²) in [7, 11) is -3.92. The molecule has 34 heavy (non-hydrogen) atoms. The topological polar surface area (TPSA) is 99.5 Å². The summed E-state index contributed by atoms with van der Waals surface area (Å²) in [5.74, 6) is -0.960. The lowest BCUT2D eigenvalue weighted by Crippen LogP contribution is -2.41. The van der Waals surface area contributed by atoms with Gasteiger partial charge in [0, 0.05) is 19.0 Å². The number of halogens is 3. The van der Waals surface area contributed by atoms with Gasteiger partial charge in [0.1, 0.15) is 11.8 Å². The Kier molecular flexibility index (Phi) is 7.84. The molecule has 1 N–H and O–H groups in total. The number of amides is 1. The molecule has 1 amide bonds. The number of hydrogen-bond acceptors (Lipinski definition) is 5. The third-order valence-electron chi connectivity index (χ3n) is 5.48. The zero-order valence-corrected chi connectivity index (χ0v) is 19.2. The maximum Gasteiger partial charge on any atom is 0.416 e. The Hall–Kier alpha value is -3.10. The number of nitriles is 1. The molecule has 1 aliphatic rings. The SMILES string of the molecule is CCCOc1ccc(C(F)(F)F)cc1NC(=O)C1CCN(S(=O)(=O)c2ccccc2C#N)CC1. The van der Waals surface area contributed by atoms with Crippen LogP contribution in [0.5, 0.6) is 5.75 Å². The summed E-state index contributed by atoms with van der Waals surface area (Å²) in [5.41, 5.74) is -0.957. The van der Waals surface area contributed by atoms with Crippen LogP contribution in [-0.4, -0.2) is 38.3 Å². The maximum atomic E-state index is 13.2. The van der Waals surface area contributed by atoms with Gasteiger partial charge in [-0.05, 0) is 49.6 Å². The van der Waals surface area contributed by atoms with Crippen molar-refractivity contribution in [1.29, 1.82) is 5.26 Å². The fourth-order valence-electron chi connectivity index (χ4n) is 3.66. The van der Waals surface area contributed by atoms with Gasteiger partial charge in [-0.15, -0.1) is 0 Å². The standard InChI is InChI=1S/C23H24F3N3O4S/c1-2-13-33-20-8-7-18(23(24,25)26)14-19(20)28-22(30)16-9-11-29(12-10-16)34(31,32)21-6-4-3-5-17(21)15-27/h3-8,14,16H,2,9-13H2,1H3,(H,28,30). The van der Waals surface area contributed by atoms with Gasteiger partial charge in [-0.25, -0.2) is 8.42 Å². The van der Waals surface area contributed by atoms with Crippen LogP contribution in [0, 0.1) is 17.2 Å². The molecule has 1 aliphatic heterocycles. The molecule has 3 rings (SSSR count). The van der Waals surface area contributed by atoms with E-state index in [1.54, 1.807) is 6.07 Å². The van der Waals surface area contributed by atoms with Gasteiger partial charge in [0.15, 0.2) is 0 Å². The number of carbonyl (C=O) groups excluding carboxylic acids is 1. The summed E-state index contributed by atoms with van der Waals surface area (Å²) >= 11 is 0. The molecule has 0 aliphatic carbocycles. The molecule has 7 nitrogen and oxygen atoms in total. The van der Waals surface area contributed by atoms with E-state index in [1.165, 1.54) is 28.6 Å². The highest BCUT2D eigenvalue weighted by Gasteiger charge is 2.34. The predicted octanol–water partition coefficient (Wildman–Crippen LogP) is 4.41. The number of anilines is 1. The summed E-state index contributed by atoms with van der Waals surface area (Å²) < 4.78 is 72.1. The van der Waals surface area contributed by atoms with Crippen LogP contribution < -0.4 is 10.1 Å². The Morgan fingerprint density at radius 1 is 1.21 bits per heavy atom. The fourth-order valence-corrected chi connectivity index (χ4v) is 5.27. The van der Waals surface area contributed by atoms with Crippen molar-refractivity contribution in [1.82, 2.24) is 4.31 Å². The Morgan fingerprint density at radius 3 is 2.50 bits per heavy atom. The van der Waals surface area contributed by atoms with Gasteiger partial charge in [0.25, 0.3) is 0 Å². The number of carbonyl (C=O) groups is 1. The first-order valence-electron chi connectivity index (χ1n) is 10.7. The number of benzene rings is 2. The molecule has 11 heteroatoms. The number of ether oxygens (including phenoxy) is 1. The lowest BCUT2D eigenvalue weighted by molar-refractivity contribution is -0.137. The van der Waals surface area contributed by atoms with Gasteiger partial charge in [0.2, 0.25) is 15.9 Å². The van der Waals surface area contributed by atoms with E-state index in [4.69, 9.17) is 4.74 Å². The molecule has 0 aromatic heterocycles. The molecule has 1 heterocycles. The molecule has 0 atom stereocenters. The Morgan fingerprint density at radius 2 is 1.88 bits per heavy atom. The normalized spacial score (nSPS) is 15.5. The minimum absolute atomic E-state index is 0.0338. The summed E-state index contributed by atoms with van der Waals surface area (Å²) in [6.45, 7) is 2.21. The van der Waals surface area contributed by atoms with Crippen molar-refractivity contribution >= 4 is 21.6 Å². The van der Waals surface area contributed by atoms with Crippen LogP contribution >= 0.6 is 0 Å². The second-order valence-corrected chi connectivity index (χ2v) is 9.74. The molecule has 0 saturated carbocycles. The van der Waals surface area contributed by atoms with Gasteiger partial charge in [-0.1, -0.05) is 19.1 Å². The van der Waals surface area contributed by atoms with Crippen molar-refractivity contribution in [3.63, 3.8) is 0 Å². The van der Waals surface area contributed by atoms with Crippen LogP contribution in [0.15, 0.2) is 47.4 Å². The maximum absolute atomic E-state index is 13.2. The molecule has 0 bridgehead atoms. The quantitative estimate of drug-likeness (QED) is 0.614. The number of alkyl halides is 3. The van der Waals surface area contributed by atoms with Crippen molar-refractivity contribution in [3.8, 4) is 11.8 Å². The summed E-state index contributed by atoms with van der Waals surface area (Å²) in [5, 5.41) is 11.7. The fraction of sp³-hybridized carbons (Fsp3) is 0.391. The van der Waals surface area contributed by atoms with E-state index in [0.717, 1.165) is 12.1 Å². The van der Waals surface area contributed by atoms with Crippen LogP contribution in [0.3, 0.4) is 0 Å². The van der Waals surface area contributed by atoms with Crippen LogP contribution in [-0.2, 0) is 21.0 Å². The molecule has 0 radical (unpaired) electrons. The Bertz CT molecular complexity index is 1180. The third kappa shape index (κ3) is 5.69. The van der Waals surface area contributed by atoms with Crippen molar-refractivity contribution in [2.45, 2.75) is 37.3 Å². The van der Waals surface area contributed by atoms with Crippen molar-refractivity contribution < 1.29 is 31.1 Å². The summed E-state index contributed by atoms with van der Waals surface area (Å²) in [4.78, 5) is 12.7. The first-order valence-corrected chi connectivity index (χ1v) is 12.2. The molecule has 0 unspecified atom stereocenters. The molecule has 0 spiro atoms. The molecule has 2 aromatic rings. The van der Waals surface area contributed by atoms with E-state index >= 15 is 0 Å². The van der Waals surface area contributed by atoms with Crippen molar-refractivity contribution in [2.24, 2.45) is 5.92 Å². The highest BCUT2D eigenvalue weighted by atomic mass is 32.2. The van der Waals surface area contributed by atoms with Gasteiger partial charge in [0.05, 0.1) is 28.3 Å². The first-order chi connectivity index (χ1) is 16.1. The van der Waals surface area contributed by atoms with Crippen LogP contribution in [0.1, 0.15) is 37.3 Å². The number of piperidine rings is 1. The lowest BCUT2D eigenvalue weighted by atomic mass is 9.97. The molecular weight excluding hydrogens is 471 g/mol. The van der Waals surface area contributed by atoms with E-state index in [9.17, 15) is 31.6 Å². The predicted molar refractivity (Wildman–Crippen MR) is 118 cm³/mol. The monoisotopic (exact) mass is 495 g/mol. The molecule has 1 fully saturated rings.